The summed E-state index contributed by atoms with van der Waals surface area (Å²) in [6.45, 7) is 0. The normalized spacial score (nSPS) is 11.1. The number of rotatable bonds is 3. The zero-order valence-corrected chi connectivity index (χ0v) is 13.4. The van der Waals surface area contributed by atoms with Crippen molar-refractivity contribution in [2.75, 3.05) is 0 Å². The van der Waals surface area contributed by atoms with Crippen LogP contribution in [0.2, 0.25) is 5.02 Å². The maximum absolute atomic E-state index is 12.1. The molecule has 1 heterocycles. The lowest BCUT2D eigenvalue weighted by atomic mass is 10.2. The van der Waals surface area contributed by atoms with E-state index in [1.54, 1.807) is 30.3 Å². The highest BCUT2D eigenvalue weighted by Gasteiger charge is 2.14. The van der Waals surface area contributed by atoms with Crippen LogP contribution in [-0.2, 0) is 0 Å². The highest BCUT2D eigenvalue weighted by Crippen LogP contribution is 2.25. The van der Waals surface area contributed by atoms with E-state index in [1.165, 1.54) is 18.2 Å². The van der Waals surface area contributed by atoms with Crippen molar-refractivity contribution in [2.24, 2.45) is 4.99 Å². The van der Waals surface area contributed by atoms with Crippen molar-refractivity contribution in [3.05, 3.63) is 80.0 Å². The van der Waals surface area contributed by atoms with Crippen LogP contribution in [0.1, 0.15) is 5.56 Å². The minimum absolute atomic E-state index is 0.0853. The van der Waals surface area contributed by atoms with Gasteiger partial charge in [-0.05, 0) is 30.3 Å². The first-order chi connectivity index (χ1) is 12.0. The number of benzene rings is 2. The summed E-state index contributed by atoms with van der Waals surface area (Å²) in [5, 5.41) is 20.5. The molecule has 2 aromatic carbocycles. The number of phenols is 1. The summed E-state index contributed by atoms with van der Waals surface area (Å²) in [5.74, 6) is -0.673. The molecule has 3 rings (SSSR count). The van der Waals surface area contributed by atoms with E-state index in [4.69, 9.17) is 11.6 Å². The number of nitrogens with zero attached hydrogens (tertiary/aromatic N) is 2. The van der Waals surface area contributed by atoms with Crippen molar-refractivity contribution in [3.63, 3.8) is 0 Å². The van der Waals surface area contributed by atoms with Gasteiger partial charge in [-0.15, -0.1) is 0 Å². The van der Waals surface area contributed by atoms with Crippen LogP contribution in [0.5, 0.6) is 11.6 Å². The van der Waals surface area contributed by atoms with E-state index in [2.05, 4.69) is 9.98 Å². The van der Waals surface area contributed by atoms with Crippen LogP contribution in [0.25, 0.3) is 5.69 Å². The molecular weight excluding hydrogens is 346 g/mol. The predicted octanol–water partition coefficient (Wildman–Crippen LogP) is 2.34. The van der Waals surface area contributed by atoms with Crippen LogP contribution in [0.3, 0.4) is 0 Å². The average molecular weight is 358 g/mol. The van der Waals surface area contributed by atoms with E-state index in [1.807, 2.05) is 0 Å². The van der Waals surface area contributed by atoms with Gasteiger partial charge in [-0.1, -0.05) is 29.8 Å². The lowest BCUT2D eigenvalue weighted by molar-refractivity contribution is 0.430. The molecule has 1 aromatic heterocycles. The summed E-state index contributed by atoms with van der Waals surface area (Å²) < 4.78 is 0.902. The van der Waals surface area contributed by atoms with Gasteiger partial charge in [0, 0.05) is 11.2 Å². The molecule has 0 unspecified atom stereocenters. The molecule has 0 amide bonds. The molecule has 0 spiro atoms. The van der Waals surface area contributed by atoms with E-state index in [9.17, 15) is 19.8 Å². The van der Waals surface area contributed by atoms with Gasteiger partial charge in [-0.2, -0.15) is 0 Å². The molecule has 0 aliphatic carbocycles. The topological polar surface area (TPSA) is 108 Å². The molecular formula is C17H12ClN3O4. The standard InChI is InChI=1S/C17H12ClN3O4/c18-10-4-3-5-11(8-10)21-16(24)12(15(23)20-17(21)25)9-19-13-6-1-2-7-14(13)22/h1-9,22,24H,(H,20,23,25). The lowest BCUT2D eigenvalue weighted by Crippen LogP contribution is -2.31. The quantitative estimate of drug-likeness (QED) is 0.625. The number of aliphatic imine (C=N–C) groups is 1. The average Bonchev–Trinajstić information content (AvgIpc) is 2.56. The minimum atomic E-state index is -0.815. The number of aromatic hydroxyl groups is 2. The van der Waals surface area contributed by atoms with Crippen LogP contribution in [0.15, 0.2) is 63.1 Å². The zero-order chi connectivity index (χ0) is 18.0. The van der Waals surface area contributed by atoms with Gasteiger partial charge in [0.1, 0.15) is 17.0 Å². The van der Waals surface area contributed by atoms with Gasteiger partial charge in [0.15, 0.2) is 0 Å². The number of para-hydroxylation sites is 2. The Kier molecular flexibility index (Phi) is 4.40. The Bertz CT molecular complexity index is 1090. The molecule has 0 saturated carbocycles. The van der Waals surface area contributed by atoms with Crippen LogP contribution in [-0.4, -0.2) is 26.0 Å². The molecule has 0 aliphatic heterocycles. The number of halogens is 1. The highest BCUT2D eigenvalue weighted by molar-refractivity contribution is 6.30. The van der Waals surface area contributed by atoms with Crippen molar-refractivity contribution >= 4 is 23.5 Å². The van der Waals surface area contributed by atoms with Gasteiger partial charge in [0.05, 0.1) is 5.69 Å². The molecule has 7 nitrogen and oxygen atoms in total. The first-order valence-corrected chi connectivity index (χ1v) is 7.51. The lowest BCUT2D eigenvalue weighted by Gasteiger charge is -2.09. The Morgan fingerprint density at radius 1 is 1.08 bits per heavy atom. The second-order valence-electron chi connectivity index (χ2n) is 5.06. The van der Waals surface area contributed by atoms with Gasteiger partial charge in [0.2, 0.25) is 5.88 Å². The molecule has 0 aliphatic rings. The van der Waals surface area contributed by atoms with E-state index in [-0.39, 0.29) is 22.7 Å². The third-order valence-corrected chi connectivity index (χ3v) is 3.64. The first-order valence-electron chi connectivity index (χ1n) is 7.13. The van der Waals surface area contributed by atoms with Gasteiger partial charge < -0.3 is 10.2 Å². The molecule has 25 heavy (non-hydrogen) atoms. The number of hydrogen-bond acceptors (Lipinski definition) is 5. The van der Waals surface area contributed by atoms with Crippen molar-refractivity contribution < 1.29 is 10.2 Å². The van der Waals surface area contributed by atoms with Crippen molar-refractivity contribution in [3.8, 4) is 17.3 Å². The predicted molar refractivity (Wildman–Crippen MR) is 94.7 cm³/mol. The van der Waals surface area contributed by atoms with Crippen LogP contribution in [0.4, 0.5) is 5.69 Å². The molecule has 3 N–H and O–H groups in total. The molecule has 0 atom stereocenters. The largest absolute Gasteiger partial charge is 0.506 e. The number of aromatic nitrogens is 2. The molecule has 0 radical (unpaired) electrons. The third-order valence-electron chi connectivity index (χ3n) is 3.40. The van der Waals surface area contributed by atoms with Gasteiger partial charge in [-0.3, -0.25) is 14.8 Å². The fourth-order valence-corrected chi connectivity index (χ4v) is 2.40. The maximum atomic E-state index is 12.1. The van der Waals surface area contributed by atoms with E-state index in [0.29, 0.717) is 5.02 Å². The molecule has 8 heteroatoms. The summed E-state index contributed by atoms with van der Waals surface area (Å²) in [5.41, 5.74) is -1.36. The molecule has 3 aromatic rings. The summed E-state index contributed by atoms with van der Waals surface area (Å²) in [6, 6.07) is 12.5. The van der Waals surface area contributed by atoms with E-state index < -0.39 is 17.1 Å². The third kappa shape index (κ3) is 3.31. The van der Waals surface area contributed by atoms with Crippen molar-refractivity contribution in [2.45, 2.75) is 0 Å². The Morgan fingerprint density at radius 3 is 2.56 bits per heavy atom. The van der Waals surface area contributed by atoms with Gasteiger partial charge >= 0.3 is 5.69 Å². The summed E-state index contributed by atoms with van der Waals surface area (Å²) in [4.78, 5) is 30.2. The highest BCUT2D eigenvalue weighted by atomic mass is 35.5. The smallest absolute Gasteiger partial charge is 0.335 e. The van der Waals surface area contributed by atoms with Crippen molar-refractivity contribution in [1.82, 2.24) is 9.55 Å². The molecule has 0 saturated heterocycles. The molecule has 0 fully saturated rings. The number of H-pyrrole nitrogens is 1. The Balaban J connectivity index is 2.16. The summed E-state index contributed by atoms with van der Waals surface area (Å²) >= 11 is 5.91. The minimum Gasteiger partial charge on any atom is -0.506 e. The second kappa shape index (κ2) is 6.66. The van der Waals surface area contributed by atoms with Gasteiger partial charge in [0.25, 0.3) is 5.56 Å². The second-order valence-corrected chi connectivity index (χ2v) is 5.50. The molecule has 0 bridgehead atoms. The summed E-state index contributed by atoms with van der Waals surface area (Å²) in [7, 11) is 0. The Labute approximate surface area is 146 Å². The number of nitrogens with one attached hydrogen (secondary N) is 1. The summed E-state index contributed by atoms with van der Waals surface area (Å²) in [6.07, 6.45) is 1.07. The Morgan fingerprint density at radius 2 is 1.84 bits per heavy atom. The Hall–Kier alpha value is -3.32. The zero-order valence-electron chi connectivity index (χ0n) is 12.7. The number of hydrogen-bond donors (Lipinski definition) is 3. The fraction of sp³-hybridized carbons (Fsp3) is 0. The van der Waals surface area contributed by atoms with Crippen LogP contribution < -0.4 is 11.2 Å². The van der Waals surface area contributed by atoms with Crippen LogP contribution in [0, 0.1) is 0 Å². The number of aromatic amines is 1. The number of phenolic OH excluding ortho intramolecular Hbond substituents is 1. The van der Waals surface area contributed by atoms with E-state index >= 15 is 0 Å². The SMILES string of the molecule is O=c1[nH]c(=O)n(-c2cccc(Cl)c2)c(O)c1C=Nc1ccccc1O. The molecule has 126 valence electrons. The monoisotopic (exact) mass is 357 g/mol. The van der Waals surface area contributed by atoms with Crippen molar-refractivity contribution in [1.29, 1.82) is 0 Å². The van der Waals surface area contributed by atoms with E-state index in [0.717, 1.165) is 10.8 Å². The van der Waals surface area contributed by atoms with Crippen LogP contribution >= 0.6 is 11.6 Å². The van der Waals surface area contributed by atoms with Gasteiger partial charge in [-0.25, -0.2) is 9.36 Å². The first kappa shape index (κ1) is 16.5. The fourth-order valence-electron chi connectivity index (χ4n) is 2.22. The maximum Gasteiger partial charge on any atom is 0.335 e.